The Bertz CT molecular complexity index is 1810. The van der Waals surface area contributed by atoms with Crippen molar-refractivity contribution in [3.63, 3.8) is 0 Å². The summed E-state index contributed by atoms with van der Waals surface area (Å²) in [5.41, 5.74) is 3.94. The van der Waals surface area contributed by atoms with Gasteiger partial charge in [-0.2, -0.15) is 0 Å². The highest BCUT2D eigenvalue weighted by Crippen LogP contribution is 2.29. The van der Waals surface area contributed by atoms with Crippen molar-refractivity contribution in [1.29, 1.82) is 0 Å². The molecular weight excluding hydrogens is 613 g/mol. The molecule has 0 spiro atoms. The first-order valence-corrected chi connectivity index (χ1v) is 16.7. The number of ether oxygens (including phenoxy) is 1. The molecule has 10 nitrogen and oxygen atoms in total. The van der Waals surface area contributed by atoms with Crippen LogP contribution in [0.3, 0.4) is 0 Å². The number of nitrogens with one attached hydrogen (secondary N) is 3. The molecule has 45 heavy (non-hydrogen) atoms. The van der Waals surface area contributed by atoms with E-state index in [1.807, 2.05) is 74.7 Å². The van der Waals surface area contributed by atoms with Crippen LogP contribution in [0, 0.1) is 0 Å². The third kappa shape index (κ3) is 9.22. The summed E-state index contributed by atoms with van der Waals surface area (Å²) in [6.45, 7) is 8.59. The van der Waals surface area contributed by atoms with E-state index in [0.717, 1.165) is 22.3 Å². The molecule has 0 radical (unpaired) electrons. The summed E-state index contributed by atoms with van der Waals surface area (Å²) in [5.74, 6) is -1.03. The molecule has 1 aromatic heterocycles. The van der Waals surface area contributed by atoms with E-state index >= 15 is 0 Å². The number of nitrogens with zero attached hydrogens (tertiary/aromatic N) is 1. The zero-order valence-electron chi connectivity index (χ0n) is 25.7. The Morgan fingerprint density at radius 3 is 2.27 bits per heavy atom. The molecule has 4 aromatic rings. The third-order valence-electron chi connectivity index (χ3n) is 6.46. The van der Waals surface area contributed by atoms with E-state index in [-0.39, 0.29) is 17.0 Å². The Labute approximate surface area is 267 Å². The van der Waals surface area contributed by atoms with E-state index < -0.39 is 38.6 Å². The molecular formula is C33H36N4O6S2. The Kier molecular flexibility index (Phi) is 10.4. The number of thiazole rings is 1. The molecule has 0 atom stereocenters. The maximum atomic E-state index is 12.6. The molecule has 3 N–H and O–H groups in total. The van der Waals surface area contributed by atoms with E-state index in [0.29, 0.717) is 17.4 Å². The fourth-order valence-corrected chi connectivity index (χ4v) is 6.02. The van der Waals surface area contributed by atoms with Crippen LogP contribution in [0.1, 0.15) is 50.5 Å². The van der Waals surface area contributed by atoms with E-state index in [9.17, 15) is 22.8 Å². The zero-order valence-corrected chi connectivity index (χ0v) is 27.3. The van der Waals surface area contributed by atoms with Gasteiger partial charge in [-0.05, 0) is 81.6 Å². The van der Waals surface area contributed by atoms with Gasteiger partial charge in [0.15, 0.2) is 15.0 Å². The van der Waals surface area contributed by atoms with Gasteiger partial charge in [0.2, 0.25) is 5.91 Å². The number of carbonyl (C=O) groups excluding carboxylic acids is 3. The Balaban J connectivity index is 1.36. The SMILES string of the molecule is CC(C)S(=O)(=O)c1cccc(C(=O)NCC(=O)Nc2nc(-c3cccc(-c4cccc(CNC(=O)OC(C)(C)C)c4)c3)cs2)c1. The van der Waals surface area contributed by atoms with Crippen molar-refractivity contribution in [2.75, 3.05) is 11.9 Å². The number of alkyl carbamates (subject to hydrolysis) is 1. The molecule has 1 heterocycles. The summed E-state index contributed by atoms with van der Waals surface area (Å²) in [6, 6.07) is 21.4. The van der Waals surface area contributed by atoms with Crippen LogP contribution in [0.25, 0.3) is 22.4 Å². The molecule has 3 aromatic carbocycles. The van der Waals surface area contributed by atoms with Crippen molar-refractivity contribution in [1.82, 2.24) is 15.6 Å². The minimum absolute atomic E-state index is 0.0527. The van der Waals surface area contributed by atoms with Gasteiger partial charge in [0.1, 0.15) is 5.60 Å². The van der Waals surface area contributed by atoms with Crippen molar-refractivity contribution >= 4 is 44.2 Å². The lowest BCUT2D eigenvalue weighted by Crippen LogP contribution is -2.33. The van der Waals surface area contributed by atoms with Crippen LogP contribution in [0.4, 0.5) is 9.93 Å². The molecule has 3 amide bonds. The first-order chi connectivity index (χ1) is 21.2. The first-order valence-electron chi connectivity index (χ1n) is 14.3. The maximum absolute atomic E-state index is 12.6. The van der Waals surface area contributed by atoms with Crippen LogP contribution in [0.5, 0.6) is 0 Å². The van der Waals surface area contributed by atoms with E-state index in [4.69, 9.17) is 4.74 Å². The number of hydrogen-bond donors (Lipinski definition) is 3. The smallest absolute Gasteiger partial charge is 0.407 e. The highest BCUT2D eigenvalue weighted by Gasteiger charge is 2.21. The van der Waals surface area contributed by atoms with Crippen molar-refractivity contribution < 1.29 is 27.5 Å². The summed E-state index contributed by atoms with van der Waals surface area (Å²) in [5, 5.41) is 9.56. The Morgan fingerprint density at radius 1 is 0.889 bits per heavy atom. The lowest BCUT2D eigenvalue weighted by Gasteiger charge is -2.19. The average Bonchev–Trinajstić information content (AvgIpc) is 3.46. The topological polar surface area (TPSA) is 144 Å². The van der Waals surface area contributed by atoms with Crippen molar-refractivity contribution in [3.05, 3.63) is 89.3 Å². The quantitative estimate of drug-likeness (QED) is 0.190. The van der Waals surface area contributed by atoms with Gasteiger partial charge < -0.3 is 20.7 Å². The molecule has 0 unspecified atom stereocenters. The molecule has 0 aliphatic carbocycles. The van der Waals surface area contributed by atoms with Crippen LogP contribution < -0.4 is 16.0 Å². The molecule has 0 aliphatic rings. The van der Waals surface area contributed by atoms with Gasteiger partial charge in [-0.1, -0.05) is 42.5 Å². The number of benzene rings is 3. The van der Waals surface area contributed by atoms with Crippen LogP contribution in [-0.4, -0.2) is 48.7 Å². The Hall–Kier alpha value is -4.55. The van der Waals surface area contributed by atoms with Gasteiger partial charge in [0.05, 0.1) is 22.4 Å². The van der Waals surface area contributed by atoms with Crippen LogP contribution in [0.2, 0.25) is 0 Å². The lowest BCUT2D eigenvalue weighted by molar-refractivity contribution is -0.115. The van der Waals surface area contributed by atoms with E-state index in [1.54, 1.807) is 13.8 Å². The second kappa shape index (κ2) is 14.0. The summed E-state index contributed by atoms with van der Waals surface area (Å²) in [7, 11) is -3.54. The monoisotopic (exact) mass is 648 g/mol. The molecule has 4 rings (SSSR count). The Morgan fingerprint density at radius 2 is 1.56 bits per heavy atom. The number of carbonyl (C=O) groups is 3. The molecule has 0 bridgehead atoms. The predicted molar refractivity (Wildman–Crippen MR) is 176 cm³/mol. The van der Waals surface area contributed by atoms with Gasteiger partial charge in [-0.15, -0.1) is 11.3 Å². The fourth-order valence-electron chi connectivity index (χ4n) is 4.18. The second-order valence-electron chi connectivity index (χ2n) is 11.5. The average molecular weight is 649 g/mol. The molecule has 0 aliphatic heterocycles. The van der Waals surface area contributed by atoms with Crippen LogP contribution in [-0.2, 0) is 25.9 Å². The van der Waals surface area contributed by atoms with Gasteiger partial charge in [0, 0.05) is 23.1 Å². The number of anilines is 1. The number of rotatable bonds is 10. The van der Waals surface area contributed by atoms with Gasteiger partial charge in [0.25, 0.3) is 5.91 Å². The zero-order chi connectivity index (χ0) is 32.8. The molecule has 0 saturated carbocycles. The third-order valence-corrected chi connectivity index (χ3v) is 9.37. The normalized spacial score (nSPS) is 11.6. The van der Waals surface area contributed by atoms with Crippen molar-refractivity contribution in [3.8, 4) is 22.4 Å². The molecule has 12 heteroatoms. The van der Waals surface area contributed by atoms with Crippen molar-refractivity contribution in [2.45, 2.75) is 56.9 Å². The lowest BCUT2D eigenvalue weighted by atomic mass is 10.0. The standard InChI is InChI=1S/C33H36N4O6S2/c1-21(2)45(41,42)27-14-8-13-26(17-27)30(39)34-19-29(38)37-31-36-28(20-44-31)25-12-7-11-24(16-25)23-10-6-9-22(15-23)18-35-32(40)43-33(3,4)5/h6-17,20-21H,18-19H2,1-5H3,(H,34,39)(H,35,40)(H,36,37,38). The van der Waals surface area contributed by atoms with E-state index in [1.165, 1.54) is 35.6 Å². The minimum atomic E-state index is -3.54. The van der Waals surface area contributed by atoms with Crippen LogP contribution >= 0.6 is 11.3 Å². The summed E-state index contributed by atoms with van der Waals surface area (Å²) < 4.78 is 30.2. The number of sulfone groups is 1. The summed E-state index contributed by atoms with van der Waals surface area (Å²) >= 11 is 1.25. The first kappa shape index (κ1) is 33.3. The molecule has 0 saturated heterocycles. The van der Waals surface area contributed by atoms with Gasteiger partial charge in [-0.3, -0.25) is 9.59 Å². The maximum Gasteiger partial charge on any atom is 0.407 e. The number of hydrogen-bond acceptors (Lipinski definition) is 8. The minimum Gasteiger partial charge on any atom is -0.444 e. The van der Waals surface area contributed by atoms with E-state index in [2.05, 4.69) is 20.9 Å². The summed E-state index contributed by atoms with van der Waals surface area (Å²) in [6.07, 6.45) is -0.478. The van der Waals surface area contributed by atoms with Gasteiger partial charge in [-0.25, -0.2) is 18.2 Å². The molecule has 0 fully saturated rings. The van der Waals surface area contributed by atoms with Crippen molar-refractivity contribution in [2.24, 2.45) is 0 Å². The highest BCUT2D eigenvalue weighted by atomic mass is 32.2. The highest BCUT2D eigenvalue weighted by molar-refractivity contribution is 7.92. The summed E-state index contributed by atoms with van der Waals surface area (Å²) in [4.78, 5) is 41.8. The van der Waals surface area contributed by atoms with Gasteiger partial charge >= 0.3 is 6.09 Å². The fraction of sp³-hybridized carbons (Fsp3) is 0.273. The largest absolute Gasteiger partial charge is 0.444 e. The second-order valence-corrected chi connectivity index (χ2v) is 14.9. The number of aromatic nitrogens is 1. The van der Waals surface area contributed by atoms with Crippen LogP contribution in [0.15, 0.2) is 83.1 Å². The number of amides is 3. The predicted octanol–water partition coefficient (Wildman–Crippen LogP) is 6.05. The molecule has 236 valence electrons.